The maximum absolute atomic E-state index is 13.5. The number of pyridine rings is 2. The predicted octanol–water partition coefficient (Wildman–Crippen LogP) is 5.26. The van der Waals surface area contributed by atoms with Crippen LogP contribution in [0.4, 0.5) is 0 Å². The number of amides is 1. The number of Topliss-reactive ketones (excluding diaryl/α,β-unsaturated/α-hetero) is 1. The highest BCUT2D eigenvalue weighted by Gasteiger charge is 2.26. The number of rotatable bonds is 9. The molecule has 0 saturated carbocycles. The second kappa shape index (κ2) is 11.3. The molecule has 2 heterocycles. The van der Waals surface area contributed by atoms with Crippen LogP contribution in [0.1, 0.15) is 68.0 Å². The number of carbonyl (C=O) groups is 2. The Labute approximate surface area is 207 Å². The lowest BCUT2D eigenvalue weighted by Gasteiger charge is -2.25. The molecule has 1 amide bonds. The van der Waals surface area contributed by atoms with Crippen LogP contribution in [0, 0.1) is 26.7 Å². The Morgan fingerprint density at radius 2 is 1.71 bits per heavy atom. The van der Waals surface area contributed by atoms with E-state index in [-0.39, 0.29) is 29.6 Å². The number of aromatic nitrogens is 2. The van der Waals surface area contributed by atoms with Crippen LogP contribution in [0.2, 0.25) is 0 Å². The largest absolute Gasteiger partial charge is 0.347 e. The van der Waals surface area contributed by atoms with Gasteiger partial charge in [-0.1, -0.05) is 32.0 Å². The summed E-state index contributed by atoms with van der Waals surface area (Å²) >= 11 is 0. The van der Waals surface area contributed by atoms with Crippen molar-refractivity contribution in [3.05, 3.63) is 87.6 Å². The van der Waals surface area contributed by atoms with Crippen molar-refractivity contribution < 1.29 is 9.59 Å². The average Bonchev–Trinajstić information content (AvgIpc) is 2.77. The van der Waals surface area contributed by atoms with Crippen molar-refractivity contribution in [3.63, 3.8) is 0 Å². The summed E-state index contributed by atoms with van der Waals surface area (Å²) in [4.78, 5) is 42.8. The zero-order valence-corrected chi connectivity index (χ0v) is 21.5. The van der Waals surface area contributed by atoms with E-state index >= 15 is 0 Å². The van der Waals surface area contributed by atoms with Crippen molar-refractivity contribution in [2.45, 2.75) is 66.5 Å². The van der Waals surface area contributed by atoms with Crippen LogP contribution in [0.25, 0.3) is 11.1 Å². The summed E-state index contributed by atoms with van der Waals surface area (Å²) in [6, 6.07) is 10.3. The van der Waals surface area contributed by atoms with E-state index in [0.29, 0.717) is 6.42 Å². The number of hydrogen-bond donors (Lipinski definition) is 1. The van der Waals surface area contributed by atoms with Gasteiger partial charge >= 0.3 is 0 Å². The third-order valence-corrected chi connectivity index (χ3v) is 6.18. The van der Waals surface area contributed by atoms with Crippen molar-refractivity contribution >= 4 is 11.7 Å². The van der Waals surface area contributed by atoms with E-state index in [1.807, 2.05) is 39.0 Å². The monoisotopic (exact) mass is 473 g/mol. The summed E-state index contributed by atoms with van der Waals surface area (Å²) in [6.45, 7) is 11.5. The third-order valence-electron chi connectivity index (χ3n) is 6.18. The molecule has 1 aromatic carbocycles. The van der Waals surface area contributed by atoms with Gasteiger partial charge in [0.2, 0.25) is 5.91 Å². The molecule has 3 rings (SSSR count). The lowest BCUT2D eigenvalue weighted by molar-refractivity contribution is -0.126. The summed E-state index contributed by atoms with van der Waals surface area (Å²) in [7, 11) is 0. The SMILES string of the molecule is CC(=O)C[C@H](NC(=O)[C@@H](CC(C)C)n1ccc(C)cc1=O)c1cncc(-c2c(C)cccc2C)c1. The molecule has 35 heavy (non-hydrogen) atoms. The molecule has 0 fully saturated rings. The Hall–Kier alpha value is -3.54. The fourth-order valence-electron chi connectivity index (χ4n) is 4.50. The number of nitrogens with one attached hydrogen (secondary N) is 1. The molecule has 6 nitrogen and oxygen atoms in total. The molecule has 0 aliphatic rings. The number of nitrogens with zero attached hydrogens (tertiary/aromatic N) is 2. The van der Waals surface area contributed by atoms with E-state index in [1.54, 1.807) is 18.6 Å². The second-order valence-electron chi connectivity index (χ2n) is 9.84. The maximum Gasteiger partial charge on any atom is 0.251 e. The first-order valence-electron chi connectivity index (χ1n) is 12.1. The van der Waals surface area contributed by atoms with Gasteiger partial charge in [0.25, 0.3) is 5.56 Å². The van der Waals surface area contributed by atoms with Crippen LogP contribution in [0.3, 0.4) is 0 Å². The molecule has 1 N–H and O–H groups in total. The topological polar surface area (TPSA) is 81.1 Å². The van der Waals surface area contributed by atoms with Gasteiger partial charge in [-0.15, -0.1) is 0 Å². The fourth-order valence-corrected chi connectivity index (χ4v) is 4.50. The Kier molecular flexibility index (Phi) is 8.39. The molecule has 3 aromatic rings. The first kappa shape index (κ1) is 26.1. The first-order valence-corrected chi connectivity index (χ1v) is 12.1. The molecule has 0 aliphatic carbocycles. The zero-order chi connectivity index (χ0) is 25.7. The molecular formula is C29H35N3O3. The summed E-state index contributed by atoms with van der Waals surface area (Å²) in [6.07, 6.45) is 5.82. The number of benzene rings is 1. The van der Waals surface area contributed by atoms with E-state index < -0.39 is 12.1 Å². The van der Waals surface area contributed by atoms with Crippen LogP contribution < -0.4 is 10.9 Å². The normalized spacial score (nSPS) is 12.9. The van der Waals surface area contributed by atoms with E-state index in [0.717, 1.165) is 33.4 Å². The maximum atomic E-state index is 13.5. The minimum absolute atomic E-state index is 0.0410. The van der Waals surface area contributed by atoms with Crippen LogP contribution in [0.15, 0.2) is 59.8 Å². The van der Waals surface area contributed by atoms with Gasteiger partial charge in [-0.05, 0) is 80.0 Å². The second-order valence-corrected chi connectivity index (χ2v) is 9.84. The Bertz CT molecular complexity index is 1260. The lowest BCUT2D eigenvalue weighted by atomic mass is 9.94. The highest BCUT2D eigenvalue weighted by Crippen LogP contribution is 2.29. The number of ketones is 1. The standard InChI is InChI=1S/C29H35N3O3/c1-18(2)12-26(32-11-10-19(3)13-27(32)34)29(35)31-25(14-22(6)33)23-15-24(17-30-16-23)28-20(4)8-7-9-21(28)5/h7-11,13,15-18,25-26H,12,14H2,1-6H3,(H,31,35)/t25-,26+/m0/s1. The molecule has 2 atom stereocenters. The van der Waals surface area contributed by atoms with Crippen molar-refractivity contribution in [1.82, 2.24) is 14.9 Å². The van der Waals surface area contributed by atoms with Crippen molar-refractivity contribution in [1.29, 1.82) is 0 Å². The fraction of sp³-hybridized carbons (Fsp3) is 0.379. The highest BCUT2D eigenvalue weighted by molar-refractivity contribution is 5.83. The van der Waals surface area contributed by atoms with Gasteiger partial charge in [0, 0.05) is 36.6 Å². The first-order chi connectivity index (χ1) is 16.6. The number of aryl methyl sites for hydroxylation is 3. The molecule has 6 heteroatoms. The van der Waals surface area contributed by atoms with E-state index in [2.05, 4.69) is 36.3 Å². The van der Waals surface area contributed by atoms with Gasteiger partial charge in [-0.25, -0.2) is 0 Å². The Balaban J connectivity index is 1.98. The van der Waals surface area contributed by atoms with Gasteiger partial charge in [0.1, 0.15) is 11.8 Å². The smallest absolute Gasteiger partial charge is 0.251 e. The van der Waals surface area contributed by atoms with Crippen molar-refractivity contribution in [2.24, 2.45) is 5.92 Å². The number of carbonyl (C=O) groups excluding carboxylic acids is 2. The van der Waals surface area contributed by atoms with E-state index in [9.17, 15) is 14.4 Å². The van der Waals surface area contributed by atoms with Gasteiger partial charge in [-0.2, -0.15) is 0 Å². The molecule has 0 spiro atoms. The predicted molar refractivity (Wildman–Crippen MR) is 139 cm³/mol. The summed E-state index contributed by atoms with van der Waals surface area (Å²) in [5.74, 6) is -0.131. The summed E-state index contributed by atoms with van der Waals surface area (Å²) in [5, 5.41) is 3.06. The van der Waals surface area contributed by atoms with Crippen molar-refractivity contribution in [3.8, 4) is 11.1 Å². The minimum atomic E-state index is -0.674. The molecule has 0 aliphatic heterocycles. The van der Waals surface area contributed by atoms with Gasteiger partial charge < -0.3 is 9.88 Å². The van der Waals surface area contributed by atoms with Crippen LogP contribution in [0.5, 0.6) is 0 Å². The molecule has 184 valence electrons. The zero-order valence-electron chi connectivity index (χ0n) is 21.5. The van der Waals surface area contributed by atoms with Crippen molar-refractivity contribution in [2.75, 3.05) is 0 Å². The third kappa shape index (κ3) is 6.53. The van der Waals surface area contributed by atoms with E-state index in [4.69, 9.17) is 0 Å². The summed E-state index contributed by atoms with van der Waals surface area (Å²) in [5.41, 5.74) is 5.69. The minimum Gasteiger partial charge on any atom is -0.347 e. The van der Waals surface area contributed by atoms with Gasteiger partial charge in [0.15, 0.2) is 0 Å². The molecular weight excluding hydrogens is 438 g/mol. The van der Waals surface area contributed by atoms with Crippen LogP contribution >= 0.6 is 0 Å². The molecule has 0 unspecified atom stereocenters. The highest BCUT2D eigenvalue weighted by atomic mass is 16.2. The molecule has 0 saturated heterocycles. The Morgan fingerprint density at radius 3 is 2.31 bits per heavy atom. The Morgan fingerprint density at radius 1 is 1.03 bits per heavy atom. The quantitative estimate of drug-likeness (QED) is 0.460. The molecule has 0 bridgehead atoms. The van der Waals surface area contributed by atoms with E-state index in [1.165, 1.54) is 17.6 Å². The van der Waals surface area contributed by atoms with Crippen LogP contribution in [-0.4, -0.2) is 21.2 Å². The molecule has 0 radical (unpaired) electrons. The van der Waals surface area contributed by atoms with Gasteiger partial charge in [-0.3, -0.25) is 19.4 Å². The van der Waals surface area contributed by atoms with Gasteiger partial charge in [0.05, 0.1) is 6.04 Å². The summed E-state index contributed by atoms with van der Waals surface area (Å²) < 4.78 is 1.48. The number of hydrogen-bond acceptors (Lipinski definition) is 4. The lowest BCUT2D eigenvalue weighted by Crippen LogP contribution is -2.40. The average molecular weight is 474 g/mol. The van der Waals surface area contributed by atoms with Crippen LogP contribution in [-0.2, 0) is 9.59 Å². The molecule has 2 aromatic heterocycles.